The molecule has 10 heavy (non-hydrogen) atoms. The van der Waals surface area contributed by atoms with Crippen molar-refractivity contribution in [2.24, 2.45) is 0 Å². The van der Waals surface area contributed by atoms with Crippen LogP contribution in [0.15, 0.2) is 23.0 Å². The predicted molar refractivity (Wildman–Crippen MR) is 41.4 cm³/mol. The van der Waals surface area contributed by atoms with Gasteiger partial charge in [-0.1, -0.05) is 12.5 Å². The molecule has 0 spiro atoms. The van der Waals surface area contributed by atoms with Crippen molar-refractivity contribution < 1.29 is 4.39 Å². The summed E-state index contributed by atoms with van der Waals surface area (Å²) in [6.07, 6.45) is 4.60. The second-order valence-corrected chi connectivity index (χ2v) is 2.67. The van der Waals surface area contributed by atoms with Gasteiger partial charge in [-0.05, 0) is 37.8 Å². The summed E-state index contributed by atoms with van der Waals surface area (Å²) >= 11 is 0. The van der Waals surface area contributed by atoms with Gasteiger partial charge in [-0.2, -0.15) is 0 Å². The van der Waals surface area contributed by atoms with Crippen molar-refractivity contribution in [3.63, 3.8) is 0 Å². The zero-order valence-electron chi connectivity index (χ0n) is 6.58. The third-order valence-electron chi connectivity index (χ3n) is 2.09. The molecule has 0 saturated heterocycles. The summed E-state index contributed by atoms with van der Waals surface area (Å²) in [7, 11) is 0. The summed E-state index contributed by atoms with van der Waals surface area (Å²) in [6, 6.07) is 0. The summed E-state index contributed by atoms with van der Waals surface area (Å²) < 4.78 is 12.8. The van der Waals surface area contributed by atoms with Crippen molar-refractivity contribution >= 4 is 0 Å². The molecule has 0 saturated carbocycles. The fourth-order valence-corrected chi connectivity index (χ4v) is 1.32. The molecule has 1 aliphatic carbocycles. The lowest BCUT2D eigenvalue weighted by molar-refractivity contribution is 0.625. The Bertz CT molecular complexity index is 187. The van der Waals surface area contributed by atoms with E-state index in [1.807, 2.05) is 6.92 Å². The number of hydrogen-bond acceptors (Lipinski definition) is 0. The van der Waals surface area contributed by atoms with Crippen LogP contribution in [0.2, 0.25) is 0 Å². The quantitative estimate of drug-likeness (QED) is 0.524. The molecule has 1 rings (SSSR count). The van der Waals surface area contributed by atoms with Gasteiger partial charge in [0, 0.05) is 0 Å². The average Bonchev–Trinajstić information content (AvgIpc) is 1.95. The van der Waals surface area contributed by atoms with Crippen LogP contribution in [0.5, 0.6) is 0 Å². The molecule has 0 amide bonds. The Morgan fingerprint density at radius 3 is 2.80 bits per heavy atom. The highest BCUT2D eigenvalue weighted by molar-refractivity contribution is 5.32. The maximum Gasteiger partial charge on any atom is 0.122 e. The summed E-state index contributed by atoms with van der Waals surface area (Å²) in [4.78, 5) is 0. The van der Waals surface area contributed by atoms with Gasteiger partial charge in [0.15, 0.2) is 0 Å². The topological polar surface area (TPSA) is 0 Å². The molecule has 0 bridgehead atoms. The fraction of sp³-hybridized carbons (Fsp3) is 0.556. The molecular formula is C9H13F. The van der Waals surface area contributed by atoms with Crippen LogP contribution in [0.4, 0.5) is 4.39 Å². The summed E-state index contributed by atoms with van der Waals surface area (Å²) in [6.45, 7) is 3.95. The molecule has 0 heterocycles. The van der Waals surface area contributed by atoms with Crippen LogP contribution in [-0.4, -0.2) is 0 Å². The van der Waals surface area contributed by atoms with Gasteiger partial charge in [0.1, 0.15) is 5.83 Å². The van der Waals surface area contributed by atoms with Crippen molar-refractivity contribution in [1.82, 2.24) is 0 Å². The molecule has 0 nitrogen and oxygen atoms in total. The SMILES string of the molecule is CCC1=C(C)C(F)=CCC1. The molecule has 0 unspecified atom stereocenters. The summed E-state index contributed by atoms with van der Waals surface area (Å²) in [5, 5.41) is 0. The predicted octanol–water partition coefficient (Wildman–Crippen LogP) is 3.36. The average molecular weight is 140 g/mol. The first kappa shape index (κ1) is 7.52. The molecule has 0 atom stereocenters. The minimum absolute atomic E-state index is 0.0110. The molecule has 1 heteroatoms. The first-order valence-corrected chi connectivity index (χ1v) is 3.80. The third-order valence-corrected chi connectivity index (χ3v) is 2.09. The fourth-order valence-electron chi connectivity index (χ4n) is 1.32. The Balaban J connectivity index is 2.85. The van der Waals surface area contributed by atoms with Gasteiger partial charge < -0.3 is 0 Å². The second-order valence-electron chi connectivity index (χ2n) is 2.67. The highest BCUT2D eigenvalue weighted by Gasteiger charge is 2.09. The second kappa shape index (κ2) is 3.00. The van der Waals surface area contributed by atoms with Crippen LogP contribution in [0.25, 0.3) is 0 Å². The maximum atomic E-state index is 12.8. The van der Waals surface area contributed by atoms with Crippen molar-refractivity contribution in [2.45, 2.75) is 33.1 Å². The summed E-state index contributed by atoms with van der Waals surface area (Å²) in [5.74, 6) is -0.0110. The molecule has 0 aliphatic heterocycles. The number of hydrogen-bond donors (Lipinski definition) is 0. The van der Waals surface area contributed by atoms with Crippen LogP contribution >= 0.6 is 0 Å². The number of halogens is 1. The highest BCUT2D eigenvalue weighted by Crippen LogP contribution is 2.27. The molecular weight excluding hydrogens is 127 g/mol. The maximum absolute atomic E-state index is 12.8. The van der Waals surface area contributed by atoms with E-state index >= 15 is 0 Å². The van der Waals surface area contributed by atoms with Gasteiger partial charge in [0.2, 0.25) is 0 Å². The van der Waals surface area contributed by atoms with Crippen LogP contribution in [-0.2, 0) is 0 Å². The van der Waals surface area contributed by atoms with E-state index in [2.05, 4.69) is 6.92 Å². The van der Waals surface area contributed by atoms with Crippen LogP contribution < -0.4 is 0 Å². The molecule has 0 radical (unpaired) electrons. The van der Waals surface area contributed by atoms with Crippen LogP contribution in [0.1, 0.15) is 33.1 Å². The smallest absolute Gasteiger partial charge is 0.122 e. The molecule has 0 aromatic rings. The lowest BCUT2D eigenvalue weighted by Crippen LogP contribution is -1.94. The van der Waals surface area contributed by atoms with Crippen LogP contribution in [0.3, 0.4) is 0 Å². The minimum Gasteiger partial charge on any atom is -0.207 e. The molecule has 1 aliphatic rings. The molecule has 56 valence electrons. The van der Waals surface area contributed by atoms with E-state index < -0.39 is 0 Å². The molecule has 0 aromatic heterocycles. The normalized spacial score (nSPS) is 19.3. The van der Waals surface area contributed by atoms with Gasteiger partial charge in [0.05, 0.1) is 0 Å². The van der Waals surface area contributed by atoms with Gasteiger partial charge in [0.25, 0.3) is 0 Å². The number of allylic oxidation sites excluding steroid dienone is 4. The van der Waals surface area contributed by atoms with E-state index in [1.54, 1.807) is 6.08 Å². The summed E-state index contributed by atoms with van der Waals surface area (Å²) in [5.41, 5.74) is 2.15. The van der Waals surface area contributed by atoms with E-state index in [-0.39, 0.29) is 5.83 Å². The standard InChI is InChI=1S/C9H13F/c1-3-8-5-4-6-9(10)7(8)2/h6H,3-5H2,1-2H3. The minimum atomic E-state index is -0.0110. The van der Waals surface area contributed by atoms with E-state index in [0.717, 1.165) is 24.8 Å². The first-order valence-electron chi connectivity index (χ1n) is 3.80. The first-order chi connectivity index (χ1) is 4.75. The number of rotatable bonds is 1. The van der Waals surface area contributed by atoms with E-state index in [9.17, 15) is 4.39 Å². The lowest BCUT2D eigenvalue weighted by Gasteiger charge is -2.12. The van der Waals surface area contributed by atoms with Crippen molar-refractivity contribution in [3.8, 4) is 0 Å². The molecule has 0 N–H and O–H groups in total. The van der Waals surface area contributed by atoms with Gasteiger partial charge in [-0.3, -0.25) is 0 Å². The lowest BCUT2D eigenvalue weighted by atomic mass is 9.96. The Kier molecular flexibility index (Phi) is 2.25. The Morgan fingerprint density at radius 1 is 1.60 bits per heavy atom. The van der Waals surface area contributed by atoms with Crippen molar-refractivity contribution in [2.75, 3.05) is 0 Å². The third kappa shape index (κ3) is 1.28. The van der Waals surface area contributed by atoms with Crippen molar-refractivity contribution in [3.05, 3.63) is 23.0 Å². The Labute approximate surface area is 61.4 Å². The van der Waals surface area contributed by atoms with Gasteiger partial charge in [-0.15, -0.1) is 0 Å². The van der Waals surface area contributed by atoms with Crippen molar-refractivity contribution in [1.29, 1.82) is 0 Å². The zero-order valence-corrected chi connectivity index (χ0v) is 6.58. The van der Waals surface area contributed by atoms with E-state index in [0.29, 0.717) is 0 Å². The van der Waals surface area contributed by atoms with Gasteiger partial charge >= 0.3 is 0 Å². The van der Waals surface area contributed by atoms with Gasteiger partial charge in [-0.25, -0.2) is 4.39 Å². The largest absolute Gasteiger partial charge is 0.207 e. The Morgan fingerprint density at radius 2 is 2.30 bits per heavy atom. The molecule has 0 aromatic carbocycles. The van der Waals surface area contributed by atoms with Crippen LogP contribution in [0, 0.1) is 0 Å². The zero-order chi connectivity index (χ0) is 7.56. The monoisotopic (exact) mass is 140 g/mol. The van der Waals surface area contributed by atoms with E-state index in [1.165, 1.54) is 5.57 Å². The van der Waals surface area contributed by atoms with E-state index in [4.69, 9.17) is 0 Å². The Hall–Kier alpha value is -0.590. The molecule has 0 fully saturated rings. The highest BCUT2D eigenvalue weighted by atomic mass is 19.1.